The van der Waals surface area contributed by atoms with E-state index in [-0.39, 0.29) is 6.04 Å². The molecule has 1 atom stereocenters. The number of aliphatic imine (C=N–C) groups is 1. The van der Waals surface area contributed by atoms with E-state index in [1.807, 2.05) is 13.8 Å². The molecule has 0 heterocycles. The molecule has 0 saturated carbocycles. The molecule has 1 unspecified atom stereocenters. The molecule has 0 amide bonds. The Labute approximate surface area is 80.5 Å². The zero-order chi connectivity index (χ0) is 9.84. The van der Waals surface area contributed by atoms with Gasteiger partial charge in [0.1, 0.15) is 0 Å². The number of benzene rings is 1. The molecule has 0 N–H and O–H groups in total. The van der Waals surface area contributed by atoms with Crippen molar-refractivity contribution in [3.05, 3.63) is 35.4 Å². The molecule has 0 radical (unpaired) electrons. The van der Waals surface area contributed by atoms with Crippen molar-refractivity contribution in [1.29, 1.82) is 0 Å². The van der Waals surface area contributed by atoms with E-state index in [1.54, 1.807) is 0 Å². The summed E-state index contributed by atoms with van der Waals surface area (Å²) in [5.74, 6) is 0. The first kappa shape index (κ1) is 9.97. The number of hydrogen-bond acceptors (Lipinski definition) is 1. The highest BCUT2D eigenvalue weighted by molar-refractivity contribution is 5.79. The van der Waals surface area contributed by atoms with Crippen LogP contribution in [0.5, 0.6) is 0 Å². The molecular formula is C12H17N. The van der Waals surface area contributed by atoms with Crippen molar-refractivity contribution in [2.24, 2.45) is 4.99 Å². The summed E-state index contributed by atoms with van der Waals surface area (Å²) < 4.78 is 0. The molecule has 1 nitrogen and oxygen atoms in total. The molecule has 0 fully saturated rings. The van der Waals surface area contributed by atoms with Crippen molar-refractivity contribution in [1.82, 2.24) is 0 Å². The van der Waals surface area contributed by atoms with Crippen molar-refractivity contribution in [3.63, 3.8) is 0 Å². The van der Waals surface area contributed by atoms with Crippen LogP contribution in [-0.4, -0.2) is 5.71 Å². The van der Waals surface area contributed by atoms with Gasteiger partial charge in [-0.25, -0.2) is 0 Å². The summed E-state index contributed by atoms with van der Waals surface area (Å²) in [4.78, 5) is 4.49. The Morgan fingerprint density at radius 3 is 2.15 bits per heavy atom. The summed E-state index contributed by atoms with van der Waals surface area (Å²) in [6, 6.07) is 8.84. The van der Waals surface area contributed by atoms with E-state index in [0.29, 0.717) is 0 Å². The molecule has 0 saturated heterocycles. The lowest BCUT2D eigenvalue weighted by Crippen LogP contribution is -1.92. The van der Waals surface area contributed by atoms with Crippen molar-refractivity contribution >= 4 is 5.71 Å². The topological polar surface area (TPSA) is 12.4 Å². The quantitative estimate of drug-likeness (QED) is 0.610. The van der Waals surface area contributed by atoms with E-state index in [2.05, 4.69) is 43.1 Å². The van der Waals surface area contributed by atoms with Crippen LogP contribution in [0.25, 0.3) is 0 Å². The zero-order valence-electron chi connectivity index (χ0n) is 8.83. The molecule has 0 aliphatic heterocycles. The van der Waals surface area contributed by atoms with Crippen LogP contribution in [0.3, 0.4) is 0 Å². The molecule has 13 heavy (non-hydrogen) atoms. The first-order valence-electron chi connectivity index (χ1n) is 4.67. The van der Waals surface area contributed by atoms with Gasteiger partial charge in [-0.2, -0.15) is 0 Å². The zero-order valence-corrected chi connectivity index (χ0v) is 8.83. The molecule has 1 heteroatoms. The van der Waals surface area contributed by atoms with Gasteiger partial charge in [0, 0.05) is 5.71 Å². The Balaban J connectivity index is 2.83. The van der Waals surface area contributed by atoms with Gasteiger partial charge in [-0.15, -0.1) is 0 Å². The Bertz CT molecular complexity index is 291. The number of hydrogen-bond donors (Lipinski definition) is 0. The molecule has 0 aliphatic carbocycles. The van der Waals surface area contributed by atoms with Gasteiger partial charge in [0.05, 0.1) is 6.04 Å². The molecule has 0 bridgehead atoms. The van der Waals surface area contributed by atoms with E-state index >= 15 is 0 Å². The minimum Gasteiger partial charge on any atom is -0.287 e. The third-order valence-corrected chi connectivity index (χ3v) is 2.01. The Morgan fingerprint density at radius 1 is 1.15 bits per heavy atom. The molecule has 70 valence electrons. The van der Waals surface area contributed by atoms with Crippen molar-refractivity contribution in [3.8, 4) is 0 Å². The highest BCUT2D eigenvalue weighted by Gasteiger charge is 2.01. The van der Waals surface area contributed by atoms with Gasteiger partial charge in [0.15, 0.2) is 0 Å². The van der Waals surface area contributed by atoms with Gasteiger partial charge in [0.2, 0.25) is 0 Å². The minimum absolute atomic E-state index is 0.283. The summed E-state index contributed by atoms with van der Waals surface area (Å²) in [6.07, 6.45) is 0. The lowest BCUT2D eigenvalue weighted by atomic mass is 10.1. The molecule has 1 rings (SSSR count). The summed E-state index contributed by atoms with van der Waals surface area (Å²) in [5, 5.41) is 0. The molecule has 1 aromatic rings. The van der Waals surface area contributed by atoms with E-state index in [9.17, 15) is 0 Å². The average Bonchev–Trinajstić information content (AvgIpc) is 2.04. The predicted molar refractivity (Wildman–Crippen MR) is 58.4 cm³/mol. The van der Waals surface area contributed by atoms with E-state index < -0.39 is 0 Å². The van der Waals surface area contributed by atoms with Gasteiger partial charge in [-0.05, 0) is 33.3 Å². The summed E-state index contributed by atoms with van der Waals surface area (Å²) in [6.45, 7) is 8.29. The standard InChI is InChI=1S/C12H17N/c1-9(2)13-11(4)12-7-5-10(3)6-8-12/h5-8,11H,1-4H3. The Morgan fingerprint density at radius 2 is 1.69 bits per heavy atom. The first-order valence-corrected chi connectivity index (χ1v) is 4.67. The molecule has 1 aromatic carbocycles. The normalized spacial score (nSPS) is 12.3. The maximum atomic E-state index is 4.49. The lowest BCUT2D eigenvalue weighted by molar-refractivity contribution is 0.818. The number of aryl methyl sites for hydroxylation is 1. The van der Waals surface area contributed by atoms with Crippen LogP contribution < -0.4 is 0 Å². The van der Waals surface area contributed by atoms with Crippen molar-refractivity contribution in [2.45, 2.75) is 33.7 Å². The minimum atomic E-state index is 0.283. The summed E-state index contributed by atoms with van der Waals surface area (Å²) >= 11 is 0. The van der Waals surface area contributed by atoms with Gasteiger partial charge in [-0.3, -0.25) is 4.99 Å². The summed E-state index contributed by atoms with van der Waals surface area (Å²) in [7, 11) is 0. The van der Waals surface area contributed by atoms with Crippen LogP contribution >= 0.6 is 0 Å². The average molecular weight is 175 g/mol. The van der Waals surface area contributed by atoms with Gasteiger partial charge in [0.25, 0.3) is 0 Å². The van der Waals surface area contributed by atoms with Crippen molar-refractivity contribution in [2.75, 3.05) is 0 Å². The molecule has 0 aliphatic rings. The van der Waals surface area contributed by atoms with Crippen LogP contribution in [0.4, 0.5) is 0 Å². The van der Waals surface area contributed by atoms with E-state index in [1.165, 1.54) is 11.1 Å². The molecular weight excluding hydrogens is 158 g/mol. The van der Waals surface area contributed by atoms with Gasteiger partial charge < -0.3 is 0 Å². The second kappa shape index (κ2) is 4.22. The first-order chi connectivity index (χ1) is 6.09. The highest BCUT2D eigenvalue weighted by Crippen LogP contribution is 2.16. The second-order valence-electron chi connectivity index (χ2n) is 3.66. The van der Waals surface area contributed by atoms with Crippen LogP contribution in [-0.2, 0) is 0 Å². The van der Waals surface area contributed by atoms with Crippen LogP contribution in [0, 0.1) is 6.92 Å². The monoisotopic (exact) mass is 175 g/mol. The van der Waals surface area contributed by atoms with Crippen LogP contribution in [0.15, 0.2) is 29.3 Å². The summed E-state index contributed by atoms with van der Waals surface area (Å²) in [5.41, 5.74) is 3.72. The highest BCUT2D eigenvalue weighted by atomic mass is 14.8. The maximum Gasteiger partial charge on any atom is 0.0719 e. The van der Waals surface area contributed by atoms with E-state index in [0.717, 1.165) is 5.71 Å². The molecule has 0 aromatic heterocycles. The second-order valence-corrected chi connectivity index (χ2v) is 3.66. The Hall–Kier alpha value is -1.11. The maximum absolute atomic E-state index is 4.49. The fraction of sp³-hybridized carbons (Fsp3) is 0.417. The molecule has 0 spiro atoms. The fourth-order valence-electron chi connectivity index (χ4n) is 1.31. The number of nitrogens with zero attached hydrogens (tertiary/aromatic N) is 1. The van der Waals surface area contributed by atoms with Crippen LogP contribution in [0.2, 0.25) is 0 Å². The SMILES string of the molecule is CC(C)=NC(C)c1ccc(C)cc1. The third kappa shape index (κ3) is 3.02. The van der Waals surface area contributed by atoms with Crippen molar-refractivity contribution < 1.29 is 0 Å². The lowest BCUT2D eigenvalue weighted by Gasteiger charge is -2.07. The predicted octanol–water partition coefficient (Wildman–Crippen LogP) is 3.54. The van der Waals surface area contributed by atoms with E-state index in [4.69, 9.17) is 0 Å². The van der Waals surface area contributed by atoms with Gasteiger partial charge in [-0.1, -0.05) is 29.8 Å². The smallest absolute Gasteiger partial charge is 0.0719 e. The Kier molecular flexibility index (Phi) is 3.24. The van der Waals surface area contributed by atoms with Gasteiger partial charge >= 0.3 is 0 Å². The number of rotatable bonds is 2. The van der Waals surface area contributed by atoms with Crippen LogP contribution in [0.1, 0.15) is 37.9 Å². The third-order valence-electron chi connectivity index (χ3n) is 2.01. The fourth-order valence-corrected chi connectivity index (χ4v) is 1.31. The largest absolute Gasteiger partial charge is 0.287 e.